The van der Waals surface area contributed by atoms with E-state index >= 15 is 0 Å². The van der Waals surface area contributed by atoms with Crippen LogP contribution >= 0.6 is 11.1 Å². The first-order valence-electron chi connectivity index (χ1n) is 5.01. The van der Waals surface area contributed by atoms with Crippen LogP contribution in [0, 0.1) is 6.92 Å². The third-order valence-corrected chi connectivity index (χ3v) is 22.0. The second kappa shape index (κ2) is 3.83. The molecular formula is C11H19ClSi2. The van der Waals surface area contributed by atoms with E-state index in [9.17, 15) is 0 Å². The van der Waals surface area contributed by atoms with Crippen molar-refractivity contribution in [2.45, 2.75) is 33.1 Å². The topological polar surface area (TPSA) is 0 Å². The van der Waals surface area contributed by atoms with Crippen molar-refractivity contribution in [1.29, 1.82) is 0 Å². The summed E-state index contributed by atoms with van der Waals surface area (Å²) < 4.78 is 0. The quantitative estimate of drug-likeness (QED) is 0.551. The lowest BCUT2D eigenvalue weighted by atomic mass is 10.2. The number of rotatable bonds is 2. The lowest BCUT2D eigenvalue weighted by Crippen LogP contribution is -2.59. The zero-order chi connectivity index (χ0) is 11.0. The van der Waals surface area contributed by atoms with Crippen LogP contribution in [0.4, 0.5) is 0 Å². The molecule has 0 spiro atoms. The Morgan fingerprint density at radius 1 is 0.929 bits per heavy atom. The summed E-state index contributed by atoms with van der Waals surface area (Å²) in [5, 5.41) is 1.50. The van der Waals surface area contributed by atoms with Gasteiger partial charge in [-0.05, 0) is 6.92 Å². The Balaban J connectivity index is 3.10. The van der Waals surface area contributed by atoms with E-state index in [1.165, 1.54) is 10.8 Å². The highest BCUT2D eigenvalue weighted by Crippen LogP contribution is 2.22. The van der Waals surface area contributed by atoms with E-state index in [-0.39, 0.29) is 0 Å². The highest BCUT2D eigenvalue weighted by atomic mass is 35.6. The lowest BCUT2D eigenvalue weighted by molar-refractivity contribution is 1.48. The van der Waals surface area contributed by atoms with Crippen molar-refractivity contribution >= 4 is 30.8 Å². The van der Waals surface area contributed by atoms with Gasteiger partial charge >= 0.3 is 0 Å². The average molecular weight is 243 g/mol. The van der Waals surface area contributed by atoms with Gasteiger partial charge in [0.25, 0.3) is 0 Å². The second-order valence-corrected chi connectivity index (χ2v) is 23.0. The predicted octanol–water partition coefficient (Wildman–Crippen LogP) is 3.43. The summed E-state index contributed by atoms with van der Waals surface area (Å²) in [6, 6.07) is 8.92. The summed E-state index contributed by atoms with van der Waals surface area (Å²) in [5.41, 5.74) is 1.33. The van der Waals surface area contributed by atoms with Gasteiger partial charge in [0, 0.05) is 0 Å². The van der Waals surface area contributed by atoms with Crippen molar-refractivity contribution in [3.63, 3.8) is 0 Å². The van der Waals surface area contributed by atoms with E-state index in [2.05, 4.69) is 57.4 Å². The van der Waals surface area contributed by atoms with Crippen LogP contribution in [0.1, 0.15) is 5.56 Å². The number of hydrogen-bond acceptors (Lipinski definition) is 0. The first-order valence-corrected chi connectivity index (χ1v) is 13.0. The molecule has 0 aromatic heterocycles. The number of benzene rings is 1. The molecule has 1 aromatic rings. The van der Waals surface area contributed by atoms with E-state index in [1.54, 1.807) is 0 Å². The van der Waals surface area contributed by atoms with Crippen LogP contribution in [0.2, 0.25) is 26.2 Å². The minimum atomic E-state index is -1.53. The predicted molar refractivity (Wildman–Crippen MR) is 71.6 cm³/mol. The molecule has 14 heavy (non-hydrogen) atoms. The molecule has 0 fully saturated rings. The summed E-state index contributed by atoms with van der Waals surface area (Å²) in [6.07, 6.45) is 0. The monoisotopic (exact) mass is 242 g/mol. The molecule has 78 valence electrons. The van der Waals surface area contributed by atoms with Crippen molar-refractivity contribution in [3.05, 3.63) is 29.8 Å². The fourth-order valence-electron chi connectivity index (χ4n) is 1.31. The maximum Gasteiger partial charge on any atom is 0.146 e. The van der Waals surface area contributed by atoms with Gasteiger partial charge in [0.2, 0.25) is 0 Å². The maximum absolute atomic E-state index is 6.60. The molecule has 0 saturated heterocycles. The molecule has 0 unspecified atom stereocenters. The average Bonchev–Trinajstić information content (AvgIpc) is 2.03. The number of hydrogen-bond donors (Lipinski definition) is 0. The van der Waals surface area contributed by atoms with Crippen LogP contribution < -0.4 is 5.19 Å². The summed E-state index contributed by atoms with van der Waals surface area (Å²) in [6.45, 7) is 9.90. The minimum Gasteiger partial charge on any atom is -0.171 e. The molecule has 0 aliphatic rings. The normalized spacial score (nSPS) is 13.0. The van der Waals surface area contributed by atoms with Crippen molar-refractivity contribution in [2.24, 2.45) is 0 Å². The van der Waals surface area contributed by atoms with Crippen LogP contribution in [0.25, 0.3) is 0 Å². The van der Waals surface area contributed by atoms with E-state index in [4.69, 9.17) is 11.1 Å². The van der Waals surface area contributed by atoms with Gasteiger partial charge in [-0.2, -0.15) is 11.1 Å². The molecule has 0 bridgehead atoms. The molecular weight excluding hydrogens is 224 g/mol. The van der Waals surface area contributed by atoms with Crippen LogP contribution in [-0.2, 0) is 0 Å². The van der Waals surface area contributed by atoms with Crippen LogP contribution in [0.3, 0.4) is 0 Å². The minimum absolute atomic E-state index is 1.33. The van der Waals surface area contributed by atoms with Gasteiger partial charge < -0.3 is 0 Å². The standard InChI is InChI=1S/C11H19ClSi2/c1-10-6-8-11(9-7-10)13(2,3)14(4,5)12/h6-9H,1-5H3. The van der Waals surface area contributed by atoms with Crippen molar-refractivity contribution in [1.82, 2.24) is 0 Å². The molecule has 0 aliphatic heterocycles. The largest absolute Gasteiger partial charge is 0.171 e. The van der Waals surface area contributed by atoms with Gasteiger partial charge in [0.15, 0.2) is 0 Å². The Bertz CT molecular complexity index is 309. The Morgan fingerprint density at radius 2 is 1.36 bits per heavy atom. The van der Waals surface area contributed by atoms with Gasteiger partial charge in [-0.1, -0.05) is 61.2 Å². The number of aryl methyl sites for hydroxylation is 1. The molecule has 0 heterocycles. The van der Waals surface area contributed by atoms with Crippen LogP contribution in [0.5, 0.6) is 0 Å². The highest BCUT2D eigenvalue weighted by molar-refractivity contribution is 7.61. The second-order valence-electron chi connectivity index (χ2n) is 4.96. The maximum atomic E-state index is 6.60. The molecule has 0 amide bonds. The summed E-state index contributed by atoms with van der Waals surface area (Å²) in [4.78, 5) is 0. The van der Waals surface area contributed by atoms with Gasteiger partial charge in [-0.3, -0.25) is 0 Å². The molecule has 3 heteroatoms. The first-order chi connectivity index (χ1) is 6.25. The summed E-state index contributed by atoms with van der Waals surface area (Å²) in [7, 11) is -1.40. The zero-order valence-electron chi connectivity index (χ0n) is 9.69. The molecule has 0 N–H and O–H groups in total. The van der Waals surface area contributed by atoms with Crippen molar-refractivity contribution < 1.29 is 0 Å². The highest BCUT2D eigenvalue weighted by Gasteiger charge is 2.41. The lowest BCUT2D eigenvalue weighted by Gasteiger charge is -2.33. The van der Waals surface area contributed by atoms with Gasteiger partial charge in [0.1, 0.15) is 6.90 Å². The van der Waals surface area contributed by atoms with Gasteiger partial charge in [0.05, 0.1) is 7.59 Å². The number of halogens is 1. The van der Waals surface area contributed by atoms with Gasteiger partial charge in [-0.15, -0.1) is 0 Å². The Kier molecular flexibility index (Phi) is 3.29. The van der Waals surface area contributed by atoms with E-state index in [0.29, 0.717) is 0 Å². The fraction of sp³-hybridized carbons (Fsp3) is 0.455. The van der Waals surface area contributed by atoms with Crippen LogP contribution in [0.15, 0.2) is 24.3 Å². The third kappa shape index (κ3) is 2.30. The SMILES string of the molecule is Cc1ccc([Si](C)(C)[Si](C)(C)Cl)cc1. The fourth-order valence-corrected chi connectivity index (χ4v) is 6.54. The smallest absolute Gasteiger partial charge is 0.146 e. The Hall–Kier alpha value is -0.0562. The molecule has 0 radical (unpaired) electrons. The molecule has 1 rings (SSSR count). The molecule has 0 nitrogen and oxygen atoms in total. The van der Waals surface area contributed by atoms with Crippen molar-refractivity contribution in [2.75, 3.05) is 0 Å². The Labute approximate surface area is 93.8 Å². The summed E-state index contributed by atoms with van der Waals surface area (Å²) in [5.74, 6) is 0. The zero-order valence-corrected chi connectivity index (χ0v) is 12.4. The van der Waals surface area contributed by atoms with Gasteiger partial charge in [-0.25, -0.2) is 0 Å². The van der Waals surface area contributed by atoms with Crippen LogP contribution in [-0.4, -0.2) is 14.5 Å². The molecule has 1 aromatic carbocycles. The molecule has 0 aliphatic carbocycles. The summed E-state index contributed by atoms with van der Waals surface area (Å²) >= 11 is 6.60. The molecule has 0 saturated carbocycles. The molecule has 0 atom stereocenters. The van der Waals surface area contributed by atoms with E-state index in [0.717, 1.165) is 0 Å². The van der Waals surface area contributed by atoms with E-state index in [1.807, 2.05) is 0 Å². The Morgan fingerprint density at radius 3 is 1.71 bits per heavy atom. The van der Waals surface area contributed by atoms with Crippen molar-refractivity contribution in [3.8, 4) is 0 Å². The first kappa shape index (κ1) is 12.0. The third-order valence-electron chi connectivity index (χ3n) is 3.26. The van der Waals surface area contributed by atoms with E-state index < -0.39 is 14.5 Å².